The normalized spacial score (nSPS) is 14.9. The molecule has 0 bridgehead atoms. The summed E-state index contributed by atoms with van der Waals surface area (Å²) in [6.07, 6.45) is 3.68. The fourth-order valence-electron chi connectivity index (χ4n) is 2.68. The maximum atomic E-state index is 6.42. The van der Waals surface area contributed by atoms with Crippen molar-refractivity contribution in [3.63, 3.8) is 0 Å². The van der Waals surface area contributed by atoms with E-state index in [2.05, 4.69) is 6.07 Å². The number of thiophene rings is 1. The predicted octanol–water partition coefficient (Wildman–Crippen LogP) is 3.30. The lowest BCUT2D eigenvalue weighted by molar-refractivity contribution is 0.393. The second-order valence-corrected chi connectivity index (χ2v) is 6.24. The summed E-state index contributed by atoms with van der Waals surface area (Å²) >= 11 is 1.85. The van der Waals surface area contributed by atoms with Gasteiger partial charge in [-0.3, -0.25) is 0 Å². The predicted molar refractivity (Wildman–Crippen MR) is 81.9 cm³/mol. The van der Waals surface area contributed by atoms with Gasteiger partial charge in [0.1, 0.15) is 11.5 Å². The Morgan fingerprint density at radius 1 is 1.05 bits per heavy atom. The molecule has 3 nitrogen and oxygen atoms in total. The zero-order chi connectivity index (χ0) is 14.1. The van der Waals surface area contributed by atoms with Gasteiger partial charge in [0.15, 0.2) is 0 Å². The van der Waals surface area contributed by atoms with Crippen LogP contribution in [0.5, 0.6) is 11.5 Å². The van der Waals surface area contributed by atoms with Gasteiger partial charge < -0.3 is 15.2 Å². The van der Waals surface area contributed by atoms with Gasteiger partial charge in [0.05, 0.1) is 20.3 Å². The van der Waals surface area contributed by atoms with Crippen LogP contribution in [0, 0.1) is 0 Å². The van der Waals surface area contributed by atoms with Crippen molar-refractivity contribution >= 4 is 11.3 Å². The first-order valence-corrected chi connectivity index (χ1v) is 7.63. The maximum absolute atomic E-state index is 6.42. The highest BCUT2D eigenvalue weighted by molar-refractivity contribution is 7.12. The fraction of sp³-hybridized carbons (Fsp3) is 0.375. The van der Waals surface area contributed by atoms with E-state index in [1.54, 1.807) is 14.2 Å². The van der Waals surface area contributed by atoms with Gasteiger partial charge in [0, 0.05) is 15.8 Å². The first-order valence-electron chi connectivity index (χ1n) is 6.81. The Labute approximate surface area is 123 Å². The van der Waals surface area contributed by atoms with Crippen LogP contribution >= 0.6 is 11.3 Å². The van der Waals surface area contributed by atoms with E-state index < -0.39 is 0 Å². The maximum Gasteiger partial charge on any atom is 0.122 e. The number of hydrogen-bond donors (Lipinski definition) is 1. The molecule has 0 saturated carbocycles. The van der Waals surface area contributed by atoms with Gasteiger partial charge in [-0.2, -0.15) is 0 Å². The molecule has 1 unspecified atom stereocenters. The number of aryl methyl sites for hydroxylation is 2. The molecule has 2 aromatic rings. The zero-order valence-electron chi connectivity index (χ0n) is 11.8. The molecule has 0 fully saturated rings. The van der Waals surface area contributed by atoms with Crippen LogP contribution in [0.2, 0.25) is 0 Å². The lowest BCUT2D eigenvalue weighted by atomic mass is 10.0. The number of ether oxygens (including phenoxy) is 2. The second kappa shape index (κ2) is 5.46. The van der Waals surface area contributed by atoms with Crippen LogP contribution in [0.3, 0.4) is 0 Å². The smallest absolute Gasteiger partial charge is 0.122 e. The number of fused-ring (bicyclic) bond motifs is 1. The number of benzene rings is 1. The van der Waals surface area contributed by atoms with Gasteiger partial charge in [0.25, 0.3) is 0 Å². The van der Waals surface area contributed by atoms with E-state index in [-0.39, 0.29) is 6.04 Å². The zero-order valence-corrected chi connectivity index (χ0v) is 12.6. The molecule has 4 heteroatoms. The van der Waals surface area contributed by atoms with Gasteiger partial charge in [-0.15, -0.1) is 11.3 Å². The van der Waals surface area contributed by atoms with Crippen molar-refractivity contribution in [2.45, 2.75) is 25.3 Å². The molecule has 0 aliphatic heterocycles. The fourth-order valence-corrected chi connectivity index (χ4v) is 3.97. The van der Waals surface area contributed by atoms with Gasteiger partial charge in [0.2, 0.25) is 0 Å². The molecular weight excluding hydrogens is 270 g/mol. The van der Waals surface area contributed by atoms with E-state index in [1.807, 2.05) is 29.5 Å². The molecule has 1 atom stereocenters. The molecule has 0 amide bonds. The Bertz CT molecular complexity index is 577. The molecule has 1 aromatic heterocycles. The molecule has 0 radical (unpaired) electrons. The molecule has 3 rings (SSSR count). The lowest BCUT2D eigenvalue weighted by Gasteiger charge is -2.13. The Morgan fingerprint density at radius 2 is 1.75 bits per heavy atom. The summed E-state index contributed by atoms with van der Waals surface area (Å²) in [6.45, 7) is 0. The molecule has 1 aromatic carbocycles. The van der Waals surface area contributed by atoms with Crippen molar-refractivity contribution in [2.24, 2.45) is 5.73 Å². The SMILES string of the molecule is COc1cc(OC)cc(C(N)c2cc3c(s2)CCC3)c1. The van der Waals surface area contributed by atoms with Crippen LogP contribution in [-0.4, -0.2) is 14.2 Å². The summed E-state index contributed by atoms with van der Waals surface area (Å²) < 4.78 is 10.6. The number of nitrogens with two attached hydrogens (primary N) is 1. The Balaban J connectivity index is 1.94. The van der Waals surface area contributed by atoms with Crippen molar-refractivity contribution < 1.29 is 9.47 Å². The largest absolute Gasteiger partial charge is 0.497 e. The highest BCUT2D eigenvalue weighted by Crippen LogP contribution is 2.36. The average molecular weight is 289 g/mol. The summed E-state index contributed by atoms with van der Waals surface area (Å²) in [5, 5.41) is 0. The van der Waals surface area contributed by atoms with Crippen LogP contribution in [0.4, 0.5) is 0 Å². The molecule has 20 heavy (non-hydrogen) atoms. The Hall–Kier alpha value is -1.52. The highest BCUT2D eigenvalue weighted by Gasteiger charge is 2.20. The van der Waals surface area contributed by atoms with Crippen molar-refractivity contribution in [1.29, 1.82) is 0 Å². The van der Waals surface area contributed by atoms with Crippen LogP contribution < -0.4 is 15.2 Å². The quantitative estimate of drug-likeness (QED) is 0.939. The third-order valence-corrected chi connectivity index (χ3v) is 5.13. The molecule has 0 saturated heterocycles. The van der Waals surface area contributed by atoms with Gasteiger partial charge in [-0.25, -0.2) is 0 Å². The van der Waals surface area contributed by atoms with Crippen LogP contribution in [0.15, 0.2) is 24.3 Å². The second-order valence-electron chi connectivity index (χ2n) is 5.07. The minimum Gasteiger partial charge on any atom is -0.497 e. The Kier molecular flexibility index (Phi) is 3.68. The summed E-state index contributed by atoms with van der Waals surface area (Å²) in [4.78, 5) is 2.73. The number of rotatable bonds is 4. The minimum atomic E-state index is -0.116. The average Bonchev–Trinajstić information content (AvgIpc) is 3.07. The van der Waals surface area contributed by atoms with Crippen LogP contribution in [0.1, 0.15) is 33.3 Å². The van der Waals surface area contributed by atoms with Crippen molar-refractivity contribution in [3.05, 3.63) is 45.1 Å². The van der Waals surface area contributed by atoms with Gasteiger partial charge in [-0.05, 0) is 48.6 Å². The van der Waals surface area contributed by atoms with Crippen LogP contribution in [0.25, 0.3) is 0 Å². The molecule has 0 spiro atoms. The first-order chi connectivity index (χ1) is 9.71. The first kappa shape index (κ1) is 13.5. The van der Waals surface area contributed by atoms with Crippen molar-refractivity contribution in [2.75, 3.05) is 14.2 Å². The third kappa shape index (κ3) is 2.41. The molecule has 1 aliphatic rings. The monoisotopic (exact) mass is 289 g/mol. The van der Waals surface area contributed by atoms with Crippen LogP contribution in [-0.2, 0) is 12.8 Å². The van der Waals surface area contributed by atoms with E-state index in [4.69, 9.17) is 15.2 Å². The van der Waals surface area contributed by atoms with E-state index in [0.717, 1.165) is 17.1 Å². The summed E-state index contributed by atoms with van der Waals surface area (Å²) in [5.74, 6) is 1.55. The summed E-state index contributed by atoms with van der Waals surface area (Å²) in [7, 11) is 3.31. The summed E-state index contributed by atoms with van der Waals surface area (Å²) in [5.41, 5.74) is 8.93. The standard InChI is InChI=1S/C16H19NO2S/c1-18-12-6-11(7-13(9-12)19-2)16(17)15-8-10-4-3-5-14(10)20-15/h6-9,16H,3-5,17H2,1-2H3. The van der Waals surface area contributed by atoms with Crippen molar-refractivity contribution in [1.82, 2.24) is 0 Å². The minimum absolute atomic E-state index is 0.116. The molecule has 1 heterocycles. The van der Waals surface area contributed by atoms with E-state index in [9.17, 15) is 0 Å². The molecule has 106 valence electrons. The van der Waals surface area contributed by atoms with E-state index >= 15 is 0 Å². The highest BCUT2D eigenvalue weighted by atomic mass is 32.1. The van der Waals surface area contributed by atoms with Gasteiger partial charge in [-0.1, -0.05) is 0 Å². The molecular formula is C16H19NO2S. The summed E-state index contributed by atoms with van der Waals surface area (Å²) in [6, 6.07) is 7.99. The Morgan fingerprint density at radius 3 is 2.35 bits per heavy atom. The number of methoxy groups -OCH3 is 2. The van der Waals surface area contributed by atoms with Gasteiger partial charge >= 0.3 is 0 Å². The topological polar surface area (TPSA) is 44.5 Å². The number of hydrogen-bond acceptors (Lipinski definition) is 4. The molecule has 2 N–H and O–H groups in total. The van der Waals surface area contributed by atoms with Crippen molar-refractivity contribution in [3.8, 4) is 11.5 Å². The van der Waals surface area contributed by atoms with E-state index in [0.29, 0.717) is 0 Å². The molecule has 1 aliphatic carbocycles. The third-order valence-electron chi connectivity index (χ3n) is 3.81. The van der Waals surface area contributed by atoms with E-state index in [1.165, 1.54) is 34.6 Å². The lowest BCUT2D eigenvalue weighted by Crippen LogP contribution is -2.10.